The topological polar surface area (TPSA) is 29.1 Å². The van der Waals surface area contributed by atoms with Gasteiger partial charge in [-0.05, 0) is 44.7 Å². The number of carbonyl (C=O) groups excluding carboxylic acids is 1. The summed E-state index contributed by atoms with van der Waals surface area (Å²) in [7, 11) is 0. The van der Waals surface area contributed by atoms with E-state index in [0.29, 0.717) is 17.6 Å². The molecule has 0 aromatic carbocycles. The first-order chi connectivity index (χ1) is 8.17. The van der Waals surface area contributed by atoms with Crippen molar-refractivity contribution in [1.29, 1.82) is 0 Å². The molecule has 2 nitrogen and oxygen atoms in total. The Bertz CT molecular complexity index is 268. The predicted octanol–water partition coefficient (Wildman–Crippen LogP) is 3.16. The largest absolute Gasteiger partial charge is 0.317 e. The van der Waals surface area contributed by atoms with Crippen LogP contribution in [0, 0.1) is 17.3 Å². The van der Waals surface area contributed by atoms with Gasteiger partial charge in [-0.15, -0.1) is 0 Å². The highest BCUT2D eigenvalue weighted by Crippen LogP contribution is 2.40. The van der Waals surface area contributed by atoms with Gasteiger partial charge in [0.15, 0.2) is 0 Å². The van der Waals surface area contributed by atoms with Crippen molar-refractivity contribution in [3.8, 4) is 0 Å². The van der Waals surface area contributed by atoms with E-state index >= 15 is 0 Å². The van der Waals surface area contributed by atoms with Gasteiger partial charge in [0.25, 0.3) is 0 Å². The lowest BCUT2D eigenvalue weighted by molar-refractivity contribution is -0.136. The zero-order chi connectivity index (χ0) is 12.3. The number of Topliss-reactive ketones (excluding diaryl/α,β-unsaturated/α-hetero) is 1. The van der Waals surface area contributed by atoms with Crippen molar-refractivity contribution in [1.82, 2.24) is 5.32 Å². The smallest absolute Gasteiger partial charge is 0.142 e. The fraction of sp³-hybridized carbons (Fsp3) is 0.933. The quantitative estimate of drug-likeness (QED) is 0.817. The molecule has 2 aliphatic rings. The van der Waals surface area contributed by atoms with Crippen LogP contribution in [0.15, 0.2) is 0 Å². The Kier molecular flexibility index (Phi) is 4.24. The van der Waals surface area contributed by atoms with Crippen molar-refractivity contribution in [2.24, 2.45) is 17.3 Å². The van der Waals surface area contributed by atoms with Gasteiger partial charge in [-0.1, -0.05) is 33.1 Å². The van der Waals surface area contributed by atoms with E-state index in [0.717, 1.165) is 32.4 Å². The molecule has 0 radical (unpaired) electrons. The number of hydrogen-bond acceptors (Lipinski definition) is 2. The summed E-state index contributed by atoms with van der Waals surface area (Å²) in [6.07, 6.45) is 8.30. The van der Waals surface area contributed by atoms with Crippen molar-refractivity contribution in [3.63, 3.8) is 0 Å². The number of ketones is 1. The molecule has 1 saturated heterocycles. The van der Waals surface area contributed by atoms with Gasteiger partial charge in [0, 0.05) is 11.3 Å². The van der Waals surface area contributed by atoms with Crippen LogP contribution in [0.25, 0.3) is 0 Å². The van der Waals surface area contributed by atoms with E-state index in [1.165, 1.54) is 25.7 Å². The Morgan fingerprint density at radius 2 is 1.88 bits per heavy atom. The summed E-state index contributed by atoms with van der Waals surface area (Å²) in [5, 5.41) is 3.37. The van der Waals surface area contributed by atoms with E-state index in [-0.39, 0.29) is 5.41 Å². The monoisotopic (exact) mass is 237 g/mol. The van der Waals surface area contributed by atoms with Crippen LogP contribution in [-0.2, 0) is 4.79 Å². The first kappa shape index (κ1) is 13.1. The minimum absolute atomic E-state index is 0.0271. The van der Waals surface area contributed by atoms with Crippen LogP contribution in [0.5, 0.6) is 0 Å². The Hall–Kier alpha value is -0.370. The lowest BCUT2D eigenvalue weighted by Crippen LogP contribution is -2.44. The zero-order valence-electron chi connectivity index (χ0n) is 11.4. The molecule has 1 N–H and O–H groups in total. The van der Waals surface area contributed by atoms with Gasteiger partial charge in [0.05, 0.1) is 0 Å². The maximum Gasteiger partial charge on any atom is 0.142 e. The average molecular weight is 237 g/mol. The number of hydrogen-bond donors (Lipinski definition) is 1. The number of piperidine rings is 1. The standard InChI is InChI=1S/C15H27NO/c1-3-12-6-4-5-7-13(12)14(17)15(2)8-10-16-11-9-15/h12-13,16H,3-11H2,1-2H3. The molecule has 98 valence electrons. The molecule has 2 unspecified atom stereocenters. The molecule has 0 spiro atoms. The Morgan fingerprint density at radius 1 is 1.24 bits per heavy atom. The summed E-state index contributed by atoms with van der Waals surface area (Å²) < 4.78 is 0. The molecule has 0 aromatic rings. The van der Waals surface area contributed by atoms with Gasteiger partial charge in [-0.3, -0.25) is 4.79 Å². The van der Waals surface area contributed by atoms with E-state index < -0.39 is 0 Å². The second kappa shape index (κ2) is 5.51. The fourth-order valence-electron chi connectivity index (χ4n) is 3.71. The number of nitrogens with one attached hydrogen (secondary N) is 1. The predicted molar refractivity (Wildman–Crippen MR) is 71.0 cm³/mol. The molecule has 1 aliphatic heterocycles. The van der Waals surface area contributed by atoms with E-state index in [2.05, 4.69) is 19.2 Å². The SMILES string of the molecule is CCC1CCCCC1C(=O)C1(C)CCNCC1. The summed E-state index contributed by atoms with van der Waals surface area (Å²) in [5.74, 6) is 1.63. The first-order valence-corrected chi connectivity index (χ1v) is 7.42. The van der Waals surface area contributed by atoms with Crippen LogP contribution >= 0.6 is 0 Å². The lowest BCUT2D eigenvalue weighted by Gasteiger charge is -2.39. The molecular weight excluding hydrogens is 210 g/mol. The molecule has 0 bridgehead atoms. The molecule has 2 rings (SSSR count). The summed E-state index contributed by atoms with van der Waals surface area (Å²) in [6.45, 7) is 6.50. The molecule has 2 fully saturated rings. The van der Waals surface area contributed by atoms with Gasteiger partial charge in [-0.25, -0.2) is 0 Å². The lowest BCUT2D eigenvalue weighted by atomic mass is 9.66. The molecule has 0 aromatic heterocycles. The van der Waals surface area contributed by atoms with Crippen LogP contribution in [0.1, 0.15) is 58.8 Å². The Balaban J connectivity index is 2.06. The molecule has 1 aliphatic carbocycles. The van der Waals surface area contributed by atoms with Crippen molar-refractivity contribution >= 4 is 5.78 Å². The third-order valence-electron chi connectivity index (χ3n) is 5.07. The van der Waals surface area contributed by atoms with Gasteiger partial charge in [-0.2, -0.15) is 0 Å². The van der Waals surface area contributed by atoms with E-state index in [1.54, 1.807) is 0 Å². The van der Waals surface area contributed by atoms with Gasteiger partial charge < -0.3 is 5.32 Å². The maximum absolute atomic E-state index is 12.8. The highest BCUT2D eigenvalue weighted by Gasteiger charge is 2.41. The van der Waals surface area contributed by atoms with E-state index in [9.17, 15) is 4.79 Å². The van der Waals surface area contributed by atoms with Crippen LogP contribution in [0.4, 0.5) is 0 Å². The number of rotatable bonds is 3. The molecule has 17 heavy (non-hydrogen) atoms. The summed E-state index contributed by atoms with van der Waals surface area (Å²) in [4.78, 5) is 12.8. The molecule has 2 heteroatoms. The maximum atomic E-state index is 12.8. The molecule has 2 atom stereocenters. The molecule has 1 heterocycles. The summed E-state index contributed by atoms with van der Waals surface area (Å²) in [6, 6.07) is 0. The van der Waals surface area contributed by atoms with Crippen molar-refractivity contribution in [3.05, 3.63) is 0 Å². The minimum Gasteiger partial charge on any atom is -0.317 e. The minimum atomic E-state index is -0.0271. The van der Waals surface area contributed by atoms with E-state index in [1.807, 2.05) is 0 Å². The summed E-state index contributed by atoms with van der Waals surface area (Å²) >= 11 is 0. The number of carbonyl (C=O) groups is 1. The second-order valence-electron chi connectivity index (χ2n) is 6.23. The van der Waals surface area contributed by atoms with Gasteiger partial charge in [0.1, 0.15) is 5.78 Å². The summed E-state index contributed by atoms with van der Waals surface area (Å²) in [5.41, 5.74) is -0.0271. The van der Waals surface area contributed by atoms with Gasteiger partial charge >= 0.3 is 0 Å². The van der Waals surface area contributed by atoms with Crippen LogP contribution in [-0.4, -0.2) is 18.9 Å². The van der Waals surface area contributed by atoms with Crippen molar-refractivity contribution in [2.75, 3.05) is 13.1 Å². The van der Waals surface area contributed by atoms with Crippen molar-refractivity contribution < 1.29 is 4.79 Å². The van der Waals surface area contributed by atoms with Crippen molar-refractivity contribution in [2.45, 2.75) is 58.8 Å². The fourth-order valence-corrected chi connectivity index (χ4v) is 3.71. The van der Waals surface area contributed by atoms with Crippen LogP contribution in [0.3, 0.4) is 0 Å². The molecule has 0 amide bonds. The first-order valence-electron chi connectivity index (χ1n) is 7.42. The molecular formula is C15H27NO. The third-order valence-corrected chi connectivity index (χ3v) is 5.07. The highest BCUT2D eigenvalue weighted by molar-refractivity contribution is 5.87. The highest BCUT2D eigenvalue weighted by atomic mass is 16.1. The van der Waals surface area contributed by atoms with Crippen LogP contribution in [0.2, 0.25) is 0 Å². The molecule has 1 saturated carbocycles. The Labute approximate surface area is 106 Å². The zero-order valence-corrected chi connectivity index (χ0v) is 11.4. The average Bonchev–Trinajstić information content (AvgIpc) is 2.38. The van der Waals surface area contributed by atoms with Gasteiger partial charge in [0.2, 0.25) is 0 Å². The Morgan fingerprint density at radius 3 is 2.53 bits per heavy atom. The normalized spacial score (nSPS) is 33.3. The van der Waals surface area contributed by atoms with Crippen LogP contribution < -0.4 is 5.32 Å². The second-order valence-corrected chi connectivity index (χ2v) is 6.23. The third kappa shape index (κ3) is 2.73. The van der Waals surface area contributed by atoms with E-state index in [4.69, 9.17) is 0 Å².